The van der Waals surface area contributed by atoms with Gasteiger partial charge < -0.3 is 4.13 Å². The van der Waals surface area contributed by atoms with E-state index in [-0.39, 0.29) is 0 Å². The lowest BCUT2D eigenvalue weighted by Crippen LogP contribution is -2.30. The van der Waals surface area contributed by atoms with E-state index in [9.17, 15) is 43.2 Å². The second kappa shape index (κ2) is 9.61. The highest BCUT2D eigenvalue weighted by atomic mass is 32.3. The monoisotopic (exact) mass is 479 g/mol. The number of allylic oxidation sites excluding steroid dienone is 1. The molecule has 2 aromatic rings. The number of rotatable bonds is 6. The van der Waals surface area contributed by atoms with Crippen LogP contribution in [0.1, 0.15) is 6.42 Å². The maximum absolute atomic E-state index is 11.4. The molecular weight excluding hydrogens is 464 g/mol. The molecule has 0 aliphatic carbocycles. The summed E-state index contributed by atoms with van der Waals surface area (Å²) in [4.78, 5) is 0. The van der Waals surface area contributed by atoms with Crippen LogP contribution in [0.4, 0.5) is 26.3 Å². The molecule has 1 aromatic carbocycles. The number of halogens is 6. The smallest absolute Gasteiger partial charge is 0.421 e. The van der Waals surface area contributed by atoms with E-state index in [0.717, 1.165) is 17.1 Å². The first-order valence-corrected chi connectivity index (χ1v) is 10.6. The van der Waals surface area contributed by atoms with Gasteiger partial charge >= 0.3 is 11.0 Å². The summed E-state index contributed by atoms with van der Waals surface area (Å²) < 4.78 is 113. The summed E-state index contributed by atoms with van der Waals surface area (Å²) in [6.45, 7) is 4.71. The number of hydrogen-bond acceptors (Lipinski definition) is 4. The molecule has 0 amide bonds. The Bertz CT molecular complexity index is 1000. The van der Waals surface area contributed by atoms with Crippen molar-refractivity contribution in [2.45, 2.75) is 24.0 Å². The van der Waals surface area contributed by atoms with Crippen molar-refractivity contribution in [3.05, 3.63) is 65.8 Å². The van der Waals surface area contributed by atoms with E-state index >= 15 is 0 Å². The Hall–Kier alpha value is -2.39. The molecular formula is C15H15F6N3O4S2. The molecule has 30 heavy (non-hydrogen) atoms. The van der Waals surface area contributed by atoms with Crippen LogP contribution in [0.3, 0.4) is 0 Å². The third kappa shape index (κ3) is 7.14. The van der Waals surface area contributed by atoms with Crippen molar-refractivity contribution in [3.8, 4) is 5.69 Å². The highest BCUT2D eigenvalue weighted by Crippen LogP contribution is 2.36. The van der Waals surface area contributed by atoms with Crippen molar-refractivity contribution in [2.24, 2.45) is 0 Å². The molecule has 15 heteroatoms. The lowest BCUT2D eigenvalue weighted by Gasteiger charge is -2.22. The van der Waals surface area contributed by atoms with Crippen LogP contribution >= 0.6 is 0 Å². The first-order chi connectivity index (χ1) is 13.6. The van der Waals surface area contributed by atoms with Gasteiger partial charge in [0.25, 0.3) is 0 Å². The van der Waals surface area contributed by atoms with Crippen molar-refractivity contribution in [2.75, 3.05) is 0 Å². The van der Waals surface area contributed by atoms with Crippen molar-refractivity contribution >= 4 is 20.0 Å². The van der Waals surface area contributed by atoms with E-state index in [2.05, 4.69) is 46.6 Å². The third-order valence-electron chi connectivity index (χ3n) is 3.12. The molecule has 0 radical (unpaired) electrons. The SMILES string of the molecule is C=CCC[n+]1ccn(-c2ccccc2)c1.O=S(=O)([N-]S(=O)(=O)C(F)(F)F)C(F)(F)F. The van der Waals surface area contributed by atoms with Crippen LogP contribution in [-0.4, -0.2) is 32.4 Å². The number of aromatic nitrogens is 2. The highest BCUT2D eigenvalue weighted by Gasteiger charge is 2.46. The molecule has 0 spiro atoms. The maximum atomic E-state index is 11.4. The summed E-state index contributed by atoms with van der Waals surface area (Å²) in [6, 6.07) is 10.3. The van der Waals surface area contributed by atoms with Gasteiger partial charge in [-0.25, -0.2) is 26.0 Å². The van der Waals surface area contributed by atoms with Gasteiger partial charge in [-0.15, -0.1) is 6.58 Å². The Labute approximate surface area is 168 Å². The van der Waals surface area contributed by atoms with Gasteiger partial charge in [-0.3, -0.25) is 0 Å². The molecule has 0 bridgehead atoms. The van der Waals surface area contributed by atoms with Crippen LogP contribution in [0.15, 0.2) is 61.7 Å². The Balaban J connectivity index is 0.000000300. The van der Waals surface area contributed by atoms with Crippen LogP contribution in [0.2, 0.25) is 0 Å². The Morgan fingerprint density at radius 1 is 0.967 bits per heavy atom. The number of sulfonamides is 2. The van der Waals surface area contributed by atoms with Crippen LogP contribution < -0.4 is 4.57 Å². The number of nitrogens with zero attached hydrogens (tertiary/aromatic N) is 3. The lowest BCUT2D eigenvalue weighted by molar-refractivity contribution is -0.695. The average molecular weight is 479 g/mol. The van der Waals surface area contributed by atoms with E-state index in [1.807, 2.05) is 24.3 Å². The number of para-hydroxylation sites is 1. The minimum atomic E-state index is -6.72. The van der Waals surface area contributed by atoms with Gasteiger partial charge in [0.15, 0.2) is 20.0 Å². The molecule has 7 nitrogen and oxygen atoms in total. The Kier molecular flexibility index (Phi) is 8.22. The standard InChI is InChI=1S/C13H15N2.C2F6NO4S2/c1-2-3-9-14-10-11-15(12-14)13-7-5-4-6-8-13;3-1(4,5)14(10,11)9-15(12,13)2(6,7)8/h2,4-8,10-12H,1,3,9H2;/q+1;-1. The fourth-order valence-corrected chi connectivity index (χ4v) is 3.44. The van der Waals surface area contributed by atoms with Gasteiger partial charge in [0.05, 0.1) is 6.54 Å². The predicted octanol–water partition coefficient (Wildman–Crippen LogP) is 3.40. The summed E-state index contributed by atoms with van der Waals surface area (Å²) >= 11 is 0. The number of hydrogen-bond donors (Lipinski definition) is 0. The quantitative estimate of drug-likeness (QED) is 0.361. The van der Waals surface area contributed by atoms with Gasteiger partial charge in [0.2, 0.25) is 6.33 Å². The molecule has 0 aliphatic heterocycles. The largest absolute Gasteiger partial charge is 0.480 e. The molecule has 0 aliphatic rings. The molecule has 2 rings (SSSR count). The van der Waals surface area contributed by atoms with Gasteiger partial charge in [-0.2, -0.15) is 26.3 Å². The second-order valence-electron chi connectivity index (χ2n) is 5.39. The van der Waals surface area contributed by atoms with Gasteiger partial charge in [0, 0.05) is 6.42 Å². The number of aryl methyl sites for hydroxylation is 1. The van der Waals surface area contributed by atoms with E-state index in [4.69, 9.17) is 0 Å². The van der Waals surface area contributed by atoms with Gasteiger partial charge in [-0.1, -0.05) is 24.3 Å². The van der Waals surface area contributed by atoms with E-state index < -0.39 is 31.1 Å². The zero-order valence-electron chi connectivity index (χ0n) is 14.9. The van der Waals surface area contributed by atoms with Crippen LogP contribution in [0.5, 0.6) is 0 Å². The lowest BCUT2D eigenvalue weighted by atomic mass is 10.3. The summed E-state index contributed by atoms with van der Waals surface area (Å²) in [5.41, 5.74) is -11.2. The van der Waals surface area contributed by atoms with E-state index in [1.165, 1.54) is 5.69 Å². The Morgan fingerprint density at radius 3 is 1.90 bits per heavy atom. The fraction of sp³-hybridized carbons (Fsp3) is 0.267. The molecule has 0 saturated carbocycles. The summed E-state index contributed by atoms with van der Waals surface area (Å²) in [5, 5.41) is 0. The molecule has 0 atom stereocenters. The Morgan fingerprint density at radius 2 is 1.47 bits per heavy atom. The molecule has 0 unspecified atom stereocenters. The first kappa shape index (κ1) is 25.6. The second-order valence-corrected chi connectivity index (χ2v) is 8.81. The van der Waals surface area contributed by atoms with Crippen molar-refractivity contribution in [1.29, 1.82) is 0 Å². The van der Waals surface area contributed by atoms with Crippen molar-refractivity contribution < 1.29 is 47.7 Å². The molecule has 0 saturated heterocycles. The van der Waals surface area contributed by atoms with Gasteiger partial charge in [0.1, 0.15) is 18.1 Å². The minimum absolute atomic E-state index is 0.778. The molecule has 0 fully saturated rings. The van der Waals surface area contributed by atoms with Crippen LogP contribution in [0.25, 0.3) is 9.81 Å². The first-order valence-electron chi connectivity index (χ1n) is 7.71. The molecule has 168 valence electrons. The molecule has 1 aromatic heterocycles. The summed E-state index contributed by atoms with van der Waals surface area (Å²) in [5.74, 6) is 0. The van der Waals surface area contributed by atoms with Crippen LogP contribution in [0, 0.1) is 0 Å². The topological polar surface area (TPSA) is 91.2 Å². The predicted molar refractivity (Wildman–Crippen MR) is 94.1 cm³/mol. The van der Waals surface area contributed by atoms with E-state index in [0.29, 0.717) is 0 Å². The number of alkyl halides is 6. The summed E-state index contributed by atoms with van der Waals surface area (Å²) in [7, 11) is -13.4. The molecule has 1 heterocycles. The number of benzene rings is 1. The van der Waals surface area contributed by atoms with Crippen molar-refractivity contribution in [3.63, 3.8) is 0 Å². The zero-order chi connectivity index (χ0) is 23.2. The van der Waals surface area contributed by atoms with Crippen molar-refractivity contribution in [1.82, 2.24) is 4.57 Å². The fourth-order valence-electron chi connectivity index (χ4n) is 1.73. The van der Waals surface area contributed by atoms with E-state index in [1.54, 1.807) is 0 Å². The van der Waals surface area contributed by atoms with Gasteiger partial charge in [-0.05, 0) is 12.1 Å². The highest BCUT2D eigenvalue weighted by molar-refractivity contribution is 8.13. The summed E-state index contributed by atoms with van der Waals surface area (Å²) in [6.07, 6.45) is 9.18. The minimum Gasteiger partial charge on any atom is -0.421 e. The number of imidazole rings is 1. The zero-order valence-corrected chi connectivity index (χ0v) is 16.5. The maximum Gasteiger partial charge on any atom is 0.480 e. The average Bonchev–Trinajstić information content (AvgIpc) is 3.07. The normalized spacial score (nSPS) is 12.7. The molecule has 0 N–H and O–H groups in total. The van der Waals surface area contributed by atoms with Crippen LogP contribution in [-0.2, 0) is 26.6 Å². The third-order valence-corrected chi connectivity index (χ3v) is 5.86.